The molecule has 2 aromatic carbocycles. The number of aryl methyl sites for hydroxylation is 1. The van der Waals surface area contributed by atoms with Crippen molar-refractivity contribution >= 4 is 29.0 Å². The monoisotopic (exact) mass is 565 g/mol. The number of benzodiazepines with no additional fused rings is 1. The number of aliphatic imine (C=N–C) groups is 1. The van der Waals surface area contributed by atoms with Crippen molar-refractivity contribution in [1.29, 1.82) is 0 Å². The van der Waals surface area contributed by atoms with Crippen LogP contribution in [0.2, 0.25) is 0 Å². The topological polar surface area (TPSA) is 157 Å². The van der Waals surface area contributed by atoms with Gasteiger partial charge in [0.15, 0.2) is 6.17 Å². The van der Waals surface area contributed by atoms with E-state index in [1.807, 2.05) is 43.3 Å². The second-order valence-corrected chi connectivity index (χ2v) is 10.4. The van der Waals surface area contributed by atoms with E-state index in [1.54, 1.807) is 50.4 Å². The van der Waals surface area contributed by atoms with Crippen LogP contribution in [-0.2, 0) is 16.0 Å². The van der Waals surface area contributed by atoms with Crippen LogP contribution >= 0.6 is 0 Å². The molecule has 0 fully saturated rings. The molecule has 0 saturated carbocycles. The quantitative estimate of drug-likeness (QED) is 0.293. The van der Waals surface area contributed by atoms with Crippen molar-refractivity contribution in [2.45, 2.75) is 39.4 Å². The second kappa shape index (κ2) is 12.2. The van der Waals surface area contributed by atoms with Gasteiger partial charge in [0, 0.05) is 11.8 Å². The third kappa shape index (κ3) is 6.16. The minimum Gasteiger partial charge on any atom is -0.418 e. The molecule has 42 heavy (non-hydrogen) atoms. The molecular formula is C31H31N7O4. The maximum Gasteiger partial charge on any atom is 0.286 e. The molecule has 5 rings (SSSR count). The van der Waals surface area contributed by atoms with Gasteiger partial charge in [0.25, 0.3) is 11.8 Å². The number of benzene rings is 2. The van der Waals surface area contributed by atoms with Gasteiger partial charge >= 0.3 is 0 Å². The Morgan fingerprint density at radius 3 is 2.57 bits per heavy atom. The fourth-order valence-corrected chi connectivity index (χ4v) is 4.77. The van der Waals surface area contributed by atoms with E-state index in [0.29, 0.717) is 35.0 Å². The summed E-state index contributed by atoms with van der Waals surface area (Å²) in [6.45, 7) is 5.19. The maximum atomic E-state index is 13.4. The number of nitrogens with two attached hydrogens (primary N) is 1. The minimum atomic E-state index is -1.25. The molecule has 214 valence electrons. The molecule has 0 saturated heterocycles. The summed E-state index contributed by atoms with van der Waals surface area (Å²) in [6, 6.07) is 19.3. The first-order chi connectivity index (χ1) is 20.2. The lowest BCUT2D eigenvalue weighted by atomic mass is 9.99. The van der Waals surface area contributed by atoms with Crippen LogP contribution in [0.15, 0.2) is 82.3 Å². The number of carbonyl (C=O) groups excluding carboxylic acids is 3. The van der Waals surface area contributed by atoms with Gasteiger partial charge < -0.3 is 15.5 Å². The van der Waals surface area contributed by atoms with Gasteiger partial charge in [-0.3, -0.25) is 29.3 Å². The minimum absolute atomic E-state index is 0.191. The Kier molecular flexibility index (Phi) is 8.30. The second-order valence-electron chi connectivity index (χ2n) is 10.4. The number of hydrogen-bond acceptors (Lipinski definition) is 9. The molecule has 2 aromatic heterocycles. The molecule has 1 aliphatic heterocycles. The van der Waals surface area contributed by atoms with Crippen LogP contribution in [0.1, 0.15) is 52.8 Å². The number of nitrogens with one attached hydrogen (secondary N) is 1. The molecule has 11 nitrogen and oxygen atoms in total. The van der Waals surface area contributed by atoms with E-state index in [-0.39, 0.29) is 18.4 Å². The first-order valence-corrected chi connectivity index (χ1v) is 13.6. The number of carbonyl (C=O) groups is 3. The van der Waals surface area contributed by atoms with E-state index in [0.717, 1.165) is 11.1 Å². The number of pyridine rings is 1. The van der Waals surface area contributed by atoms with Gasteiger partial charge in [0.2, 0.25) is 17.6 Å². The zero-order valence-corrected chi connectivity index (χ0v) is 23.5. The van der Waals surface area contributed by atoms with E-state index in [2.05, 4.69) is 25.5 Å². The predicted octanol–water partition coefficient (Wildman–Crippen LogP) is 2.86. The molecule has 2 unspecified atom stereocenters. The zero-order valence-electron chi connectivity index (χ0n) is 23.5. The Morgan fingerprint density at radius 1 is 1.05 bits per heavy atom. The van der Waals surface area contributed by atoms with Gasteiger partial charge in [0.1, 0.15) is 6.54 Å². The van der Waals surface area contributed by atoms with Crippen LogP contribution in [0.4, 0.5) is 5.69 Å². The third-order valence-corrected chi connectivity index (χ3v) is 6.83. The molecule has 0 radical (unpaired) electrons. The fourth-order valence-electron chi connectivity index (χ4n) is 4.77. The SMILES string of the molecule is Cc1cccc(Cc2nnc(C(=O)C(NC(=O)CN3C(=O)C(N)N=C(c4ccccn4)c4ccccc43)C(C)C)o2)c1. The van der Waals surface area contributed by atoms with Gasteiger partial charge in [0.05, 0.1) is 29.6 Å². The third-order valence-electron chi connectivity index (χ3n) is 6.83. The highest BCUT2D eigenvalue weighted by Gasteiger charge is 2.34. The Bertz CT molecular complexity index is 1650. The Balaban J connectivity index is 1.34. The average molecular weight is 566 g/mol. The summed E-state index contributed by atoms with van der Waals surface area (Å²) in [4.78, 5) is 50.2. The van der Waals surface area contributed by atoms with Crippen molar-refractivity contribution in [1.82, 2.24) is 20.5 Å². The average Bonchev–Trinajstić information content (AvgIpc) is 3.42. The van der Waals surface area contributed by atoms with E-state index < -0.39 is 29.8 Å². The number of ketones is 1. The molecule has 3 N–H and O–H groups in total. The zero-order chi connectivity index (χ0) is 29.8. The summed E-state index contributed by atoms with van der Waals surface area (Å²) in [6.07, 6.45) is 0.747. The van der Waals surface area contributed by atoms with Crippen LogP contribution < -0.4 is 16.0 Å². The lowest BCUT2D eigenvalue weighted by molar-refractivity contribution is -0.124. The summed E-state index contributed by atoms with van der Waals surface area (Å²) >= 11 is 0. The molecule has 3 heterocycles. The van der Waals surface area contributed by atoms with Crippen molar-refractivity contribution in [2.24, 2.45) is 16.6 Å². The van der Waals surface area contributed by atoms with Gasteiger partial charge in [-0.2, -0.15) is 0 Å². The Morgan fingerprint density at radius 2 is 1.83 bits per heavy atom. The summed E-state index contributed by atoms with van der Waals surface area (Å²) in [5, 5.41) is 10.7. The van der Waals surface area contributed by atoms with Crippen molar-refractivity contribution < 1.29 is 18.8 Å². The van der Waals surface area contributed by atoms with E-state index in [4.69, 9.17) is 10.2 Å². The van der Waals surface area contributed by atoms with E-state index in [9.17, 15) is 14.4 Å². The highest BCUT2D eigenvalue weighted by atomic mass is 16.4. The largest absolute Gasteiger partial charge is 0.418 e. The summed E-state index contributed by atoms with van der Waals surface area (Å²) in [5.74, 6) is -1.83. The van der Waals surface area contributed by atoms with E-state index in [1.165, 1.54) is 4.90 Å². The molecule has 0 aliphatic carbocycles. The number of hydrogen-bond donors (Lipinski definition) is 2. The molecule has 1 aliphatic rings. The number of fused-ring (bicyclic) bond motifs is 1. The van der Waals surface area contributed by atoms with Crippen LogP contribution in [0.3, 0.4) is 0 Å². The standard InChI is InChI=1S/C31H31N7O4/c1-18(2)26(28(40)30-37-36-25(42-30)16-20-10-8-9-19(3)15-20)34-24(39)17-38-23-13-5-4-11-21(23)27(35-29(32)31(38)41)22-12-6-7-14-33-22/h4-15,18,26,29H,16-17,32H2,1-3H3,(H,34,39). The van der Waals surface area contributed by atoms with Gasteiger partial charge in [-0.05, 0) is 36.6 Å². The summed E-state index contributed by atoms with van der Waals surface area (Å²) < 4.78 is 5.67. The number of Topliss-reactive ketones (excluding diaryl/α,β-unsaturated/α-hetero) is 1. The van der Waals surface area contributed by atoms with Crippen molar-refractivity contribution in [3.63, 3.8) is 0 Å². The number of aromatic nitrogens is 3. The van der Waals surface area contributed by atoms with Crippen molar-refractivity contribution in [3.8, 4) is 0 Å². The molecule has 2 amide bonds. The molecule has 2 atom stereocenters. The van der Waals surface area contributed by atoms with Crippen LogP contribution in [-0.4, -0.2) is 57.2 Å². The lowest BCUT2D eigenvalue weighted by Crippen LogP contribution is -2.51. The van der Waals surface area contributed by atoms with Crippen molar-refractivity contribution in [2.75, 3.05) is 11.4 Å². The van der Waals surface area contributed by atoms with Crippen LogP contribution in [0, 0.1) is 12.8 Å². The van der Waals surface area contributed by atoms with Gasteiger partial charge in [-0.1, -0.05) is 67.9 Å². The molecule has 4 aromatic rings. The first-order valence-electron chi connectivity index (χ1n) is 13.6. The Hall–Kier alpha value is -5.03. The maximum absolute atomic E-state index is 13.4. The number of anilines is 1. The predicted molar refractivity (Wildman–Crippen MR) is 156 cm³/mol. The number of nitrogens with zero attached hydrogens (tertiary/aromatic N) is 5. The van der Waals surface area contributed by atoms with E-state index >= 15 is 0 Å². The summed E-state index contributed by atoms with van der Waals surface area (Å²) in [7, 11) is 0. The number of amides is 2. The Labute approximate surface area is 242 Å². The van der Waals surface area contributed by atoms with Gasteiger partial charge in [-0.15, -0.1) is 10.2 Å². The fraction of sp³-hybridized carbons (Fsp3) is 0.258. The number of rotatable bonds is 9. The smallest absolute Gasteiger partial charge is 0.286 e. The molecule has 0 spiro atoms. The normalized spacial score (nSPS) is 15.5. The van der Waals surface area contributed by atoms with Gasteiger partial charge in [-0.25, -0.2) is 0 Å². The molecular weight excluding hydrogens is 534 g/mol. The lowest BCUT2D eigenvalue weighted by Gasteiger charge is -2.26. The molecule has 11 heteroatoms. The van der Waals surface area contributed by atoms with Crippen LogP contribution in [0.25, 0.3) is 0 Å². The van der Waals surface area contributed by atoms with Crippen LogP contribution in [0.5, 0.6) is 0 Å². The number of para-hydroxylation sites is 1. The highest BCUT2D eigenvalue weighted by molar-refractivity contribution is 6.19. The molecule has 0 bridgehead atoms. The van der Waals surface area contributed by atoms with Crippen molar-refractivity contribution in [3.05, 3.63) is 107 Å². The first kappa shape index (κ1) is 28.5. The summed E-state index contributed by atoms with van der Waals surface area (Å²) in [5.41, 5.74) is 10.3. The highest BCUT2D eigenvalue weighted by Crippen LogP contribution is 2.27.